The van der Waals surface area contributed by atoms with Crippen LogP contribution in [0.4, 0.5) is 5.82 Å². The molecule has 5 nitrogen and oxygen atoms in total. The van der Waals surface area contributed by atoms with Crippen LogP contribution in [0, 0.1) is 0 Å². The van der Waals surface area contributed by atoms with Crippen LogP contribution >= 0.6 is 11.3 Å². The molecule has 0 bridgehead atoms. The third kappa shape index (κ3) is 2.97. The van der Waals surface area contributed by atoms with Crippen molar-refractivity contribution in [1.29, 1.82) is 0 Å². The maximum Gasteiger partial charge on any atom is 0.255 e. The standard InChI is InChI=1S/C20H19N3O2S/c1-12-17(20(25)23-16-7-2-3-9-21-16)18(13-8-10-26-11-13)19-14(22-12)5-4-6-15(19)24/h2-3,7-11,18,22H,4-6H2,1H3,(H,21,23,25). The van der Waals surface area contributed by atoms with Crippen LogP contribution < -0.4 is 10.6 Å². The van der Waals surface area contributed by atoms with E-state index in [0.717, 1.165) is 35.4 Å². The predicted molar refractivity (Wildman–Crippen MR) is 102 cm³/mol. The van der Waals surface area contributed by atoms with Gasteiger partial charge in [0.15, 0.2) is 5.78 Å². The van der Waals surface area contributed by atoms with E-state index < -0.39 is 0 Å². The average Bonchev–Trinajstić information content (AvgIpc) is 3.16. The van der Waals surface area contributed by atoms with Gasteiger partial charge in [-0.2, -0.15) is 11.3 Å². The lowest BCUT2D eigenvalue weighted by molar-refractivity contribution is -0.116. The van der Waals surface area contributed by atoms with E-state index in [4.69, 9.17) is 0 Å². The summed E-state index contributed by atoms with van der Waals surface area (Å²) in [6.07, 6.45) is 3.87. The normalized spacial score (nSPS) is 19.9. The van der Waals surface area contributed by atoms with Crippen LogP contribution in [-0.4, -0.2) is 16.7 Å². The van der Waals surface area contributed by atoms with Crippen LogP contribution in [0.1, 0.15) is 37.7 Å². The van der Waals surface area contributed by atoms with Crippen molar-refractivity contribution < 1.29 is 9.59 Å². The van der Waals surface area contributed by atoms with Gasteiger partial charge in [-0.15, -0.1) is 0 Å². The van der Waals surface area contributed by atoms with Gasteiger partial charge in [-0.1, -0.05) is 6.07 Å². The molecule has 0 saturated carbocycles. The molecule has 2 N–H and O–H groups in total. The highest BCUT2D eigenvalue weighted by atomic mass is 32.1. The third-order valence-electron chi connectivity index (χ3n) is 4.80. The zero-order chi connectivity index (χ0) is 18.1. The first-order valence-corrected chi connectivity index (χ1v) is 9.58. The third-order valence-corrected chi connectivity index (χ3v) is 5.50. The number of hydrogen-bond donors (Lipinski definition) is 2. The van der Waals surface area contributed by atoms with E-state index in [0.29, 0.717) is 17.8 Å². The van der Waals surface area contributed by atoms with Crippen molar-refractivity contribution in [2.45, 2.75) is 32.1 Å². The van der Waals surface area contributed by atoms with E-state index in [1.807, 2.05) is 29.8 Å². The Morgan fingerprint density at radius 2 is 2.19 bits per heavy atom. The van der Waals surface area contributed by atoms with Crippen molar-refractivity contribution in [3.63, 3.8) is 0 Å². The summed E-state index contributed by atoms with van der Waals surface area (Å²) < 4.78 is 0. The molecule has 0 fully saturated rings. The van der Waals surface area contributed by atoms with Crippen LogP contribution in [0.15, 0.2) is 63.8 Å². The van der Waals surface area contributed by atoms with Crippen LogP contribution in [0.2, 0.25) is 0 Å². The van der Waals surface area contributed by atoms with Crippen molar-refractivity contribution in [3.05, 3.63) is 69.3 Å². The van der Waals surface area contributed by atoms with Crippen molar-refractivity contribution >= 4 is 28.8 Å². The Bertz CT molecular complexity index is 914. The summed E-state index contributed by atoms with van der Waals surface area (Å²) in [6.45, 7) is 1.90. The Kier molecular flexibility index (Phi) is 4.42. The van der Waals surface area contributed by atoms with Crippen LogP contribution in [0.5, 0.6) is 0 Å². The molecule has 3 heterocycles. The van der Waals surface area contributed by atoms with E-state index in [2.05, 4.69) is 15.6 Å². The molecule has 2 aromatic heterocycles. The van der Waals surface area contributed by atoms with E-state index in [-0.39, 0.29) is 17.6 Å². The van der Waals surface area contributed by atoms with Gasteiger partial charge in [0.05, 0.1) is 0 Å². The van der Waals surface area contributed by atoms with Gasteiger partial charge < -0.3 is 10.6 Å². The summed E-state index contributed by atoms with van der Waals surface area (Å²) in [5.74, 6) is 0.0750. The molecule has 0 spiro atoms. The molecule has 0 aromatic carbocycles. The number of nitrogens with zero attached hydrogens (tertiary/aromatic N) is 1. The summed E-state index contributed by atoms with van der Waals surface area (Å²) in [7, 11) is 0. The lowest BCUT2D eigenvalue weighted by Crippen LogP contribution is -2.35. The first-order chi connectivity index (χ1) is 12.6. The Morgan fingerprint density at radius 3 is 2.92 bits per heavy atom. The molecule has 2 aliphatic rings. The molecule has 132 valence electrons. The SMILES string of the molecule is CC1=C(C(=O)Nc2ccccn2)C(c2ccsc2)C2=C(CCCC2=O)N1. The highest BCUT2D eigenvalue weighted by Gasteiger charge is 2.38. The van der Waals surface area contributed by atoms with E-state index >= 15 is 0 Å². The molecule has 2 aromatic rings. The Labute approximate surface area is 155 Å². The summed E-state index contributed by atoms with van der Waals surface area (Å²) in [5, 5.41) is 10.2. The molecule has 1 unspecified atom stereocenters. The minimum absolute atomic E-state index is 0.130. The van der Waals surface area contributed by atoms with Crippen molar-refractivity contribution in [3.8, 4) is 0 Å². The number of Topliss-reactive ketones (excluding diaryl/α,β-unsaturated/α-hetero) is 1. The molecule has 26 heavy (non-hydrogen) atoms. The highest BCUT2D eigenvalue weighted by molar-refractivity contribution is 7.08. The molecular formula is C20H19N3O2S. The average molecular weight is 365 g/mol. The monoisotopic (exact) mass is 365 g/mol. The maximum absolute atomic E-state index is 13.1. The van der Waals surface area contributed by atoms with Gasteiger partial charge >= 0.3 is 0 Å². The van der Waals surface area contributed by atoms with Crippen molar-refractivity contribution in [2.24, 2.45) is 0 Å². The molecule has 6 heteroatoms. The minimum atomic E-state index is -0.325. The number of hydrogen-bond acceptors (Lipinski definition) is 5. The minimum Gasteiger partial charge on any atom is -0.362 e. The number of thiophene rings is 1. The van der Waals surface area contributed by atoms with Crippen LogP contribution in [-0.2, 0) is 9.59 Å². The second kappa shape index (κ2) is 6.88. The number of allylic oxidation sites excluding steroid dienone is 3. The summed E-state index contributed by atoms with van der Waals surface area (Å²) >= 11 is 1.57. The van der Waals surface area contributed by atoms with Gasteiger partial charge in [0.2, 0.25) is 0 Å². The summed E-state index contributed by atoms with van der Waals surface area (Å²) in [6, 6.07) is 7.37. The lowest BCUT2D eigenvalue weighted by Gasteiger charge is -2.34. The second-order valence-corrected chi connectivity index (χ2v) is 7.27. The smallest absolute Gasteiger partial charge is 0.255 e. The summed E-state index contributed by atoms with van der Waals surface area (Å²) in [4.78, 5) is 30.0. The quantitative estimate of drug-likeness (QED) is 0.869. The number of anilines is 1. The number of nitrogens with one attached hydrogen (secondary N) is 2. The van der Waals surface area contributed by atoms with Crippen molar-refractivity contribution in [2.75, 3.05) is 5.32 Å². The molecule has 1 amide bonds. The number of carbonyl (C=O) groups is 2. The van der Waals surface area contributed by atoms with Gasteiger partial charge in [-0.25, -0.2) is 4.98 Å². The molecule has 4 rings (SSSR count). The second-order valence-electron chi connectivity index (χ2n) is 6.49. The number of aromatic nitrogens is 1. The molecule has 1 aliphatic heterocycles. The zero-order valence-corrected chi connectivity index (χ0v) is 15.2. The van der Waals surface area contributed by atoms with Crippen LogP contribution in [0.3, 0.4) is 0 Å². The summed E-state index contributed by atoms with van der Waals surface area (Å²) in [5.41, 5.74) is 4.08. The number of pyridine rings is 1. The number of amides is 1. The van der Waals surface area contributed by atoms with E-state index in [1.54, 1.807) is 29.7 Å². The van der Waals surface area contributed by atoms with E-state index in [1.165, 1.54) is 0 Å². The van der Waals surface area contributed by atoms with Gasteiger partial charge in [-0.05, 0) is 54.3 Å². The van der Waals surface area contributed by atoms with E-state index in [9.17, 15) is 9.59 Å². The number of ketones is 1. The maximum atomic E-state index is 13.1. The molecule has 0 radical (unpaired) electrons. The zero-order valence-electron chi connectivity index (χ0n) is 14.4. The Balaban J connectivity index is 1.76. The number of carbonyl (C=O) groups excluding carboxylic acids is 2. The fourth-order valence-electron chi connectivity index (χ4n) is 3.68. The lowest BCUT2D eigenvalue weighted by atomic mass is 9.75. The predicted octanol–water partition coefficient (Wildman–Crippen LogP) is 3.75. The number of rotatable bonds is 3. The first-order valence-electron chi connectivity index (χ1n) is 8.63. The molecule has 1 aliphatic carbocycles. The van der Waals surface area contributed by atoms with Gasteiger partial charge in [0.25, 0.3) is 5.91 Å². The fourth-order valence-corrected chi connectivity index (χ4v) is 4.36. The van der Waals surface area contributed by atoms with Crippen molar-refractivity contribution in [1.82, 2.24) is 10.3 Å². The Hall–Kier alpha value is -2.73. The van der Waals surface area contributed by atoms with Gasteiger partial charge in [-0.3, -0.25) is 9.59 Å². The largest absolute Gasteiger partial charge is 0.362 e. The first kappa shape index (κ1) is 16.7. The van der Waals surface area contributed by atoms with Gasteiger partial charge in [0, 0.05) is 41.1 Å². The number of dihydropyridines is 1. The highest BCUT2D eigenvalue weighted by Crippen LogP contribution is 2.42. The molecule has 0 saturated heterocycles. The Morgan fingerprint density at radius 1 is 1.31 bits per heavy atom. The fraction of sp³-hybridized carbons (Fsp3) is 0.250. The van der Waals surface area contributed by atoms with Gasteiger partial charge in [0.1, 0.15) is 5.82 Å². The molecular weight excluding hydrogens is 346 g/mol. The molecule has 1 atom stereocenters. The van der Waals surface area contributed by atoms with Crippen LogP contribution in [0.25, 0.3) is 0 Å². The topological polar surface area (TPSA) is 71.1 Å².